The second kappa shape index (κ2) is 11.4. The molecule has 1 aliphatic rings. The number of pyridine rings is 1. The molecule has 3 rings (SSSR count). The van der Waals surface area contributed by atoms with Gasteiger partial charge in [-0.2, -0.15) is 4.31 Å². The van der Waals surface area contributed by atoms with E-state index in [1.807, 2.05) is 13.0 Å². The fourth-order valence-electron chi connectivity index (χ4n) is 3.68. The van der Waals surface area contributed by atoms with Gasteiger partial charge in [-0.05, 0) is 63.2 Å². The summed E-state index contributed by atoms with van der Waals surface area (Å²) < 4.78 is 27.3. The lowest BCUT2D eigenvalue weighted by Crippen LogP contribution is -2.36. The van der Waals surface area contributed by atoms with Crippen LogP contribution in [0.15, 0.2) is 47.4 Å². The number of likely N-dealkylation sites (N-methyl/N-ethyl adjacent to an activating group) is 1. The third-order valence-electron chi connectivity index (χ3n) is 5.32. The zero-order valence-corrected chi connectivity index (χ0v) is 19.9. The van der Waals surface area contributed by atoms with E-state index in [0.717, 1.165) is 31.4 Å². The van der Waals surface area contributed by atoms with Gasteiger partial charge in [-0.25, -0.2) is 13.4 Å². The van der Waals surface area contributed by atoms with Crippen LogP contribution in [0.3, 0.4) is 0 Å². The van der Waals surface area contributed by atoms with E-state index < -0.39 is 10.0 Å². The molecule has 2 amide bonds. The molecule has 1 saturated heterocycles. The summed E-state index contributed by atoms with van der Waals surface area (Å²) in [4.78, 5) is 30.5. The molecule has 2 N–H and O–H groups in total. The van der Waals surface area contributed by atoms with Gasteiger partial charge in [0.15, 0.2) is 0 Å². The summed E-state index contributed by atoms with van der Waals surface area (Å²) in [6.07, 6.45) is 3.85. The number of nitrogens with one attached hydrogen (secondary N) is 2. The first-order valence-electron chi connectivity index (χ1n) is 11.1. The van der Waals surface area contributed by atoms with Gasteiger partial charge in [0.05, 0.1) is 18.0 Å². The predicted molar refractivity (Wildman–Crippen MR) is 127 cm³/mol. The summed E-state index contributed by atoms with van der Waals surface area (Å²) in [5.41, 5.74) is 1.29. The molecule has 33 heavy (non-hydrogen) atoms. The Labute approximate surface area is 195 Å². The Morgan fingerprint density at radius 1 is 0.939 bits per heavy atom. The lowest BCUT2D eigenvalue weighted by atomic mass is 10.2. The molecule has 2 heterocycles. The number of benzene rings is 1. The Morgan fingerprint density at radius 2 is 1.55 bits per heavy atom. The number of amides is 2. The highest BCUT2D eigenvalue weighted by Crippen LogP contribution is 2.21. The van der Waals surface area contributed by atoms with Crippen LogP contribution >= 0.6 is 0 Å². The third kappa shape index (κ3) is 7.34. The first kappa shape index (κ1) is 24.8. The van der Waals surface area contributed by atoms with Crippen LogP contribution in [-0.2, 0) is 19.6 Å². The summed E-state index contributed by atoms with van der Waals surface area (Å²) in [6, 6.07) is 11.5. The predicted octanol–water partition coefficient (Wildman–Crippen LogP) is 2.46. The molecule has 0 aliphatic carbocycles. The van der Waals surface area contributed by atoms with E-state index in [-0.39, 0.29) is 29.8 Å². The van der Waals surface area contributed by atoms with Crippen LogP contribution in [0.25, 0.3) is 0 Å². The monoisotopic (exact) mass is 473 g/mol. The smallest absolute Gasteiger partial charge is 0.243 e. The fourth-order valence-corrected chi connectivity index (χ4v) is 5.20. The number of aromatic nitrogens is 1. The van der Waals surface area contributed by atoms with Crippen molar-refractivity contribution in [2.75, 3.05) is 43.9 Å². The number of aryl methyl sites for hydroxylation is 1. The van der Waals surface area contributed by atoms with Crippen molar-refractivity contribution < 1.29 is 18.0 Å². The quantitative estimate of drug-likeness (QED) is 0.609. The lowest BCUT2D eigenvalue weighted by molar-refractivity contribution is -0.119. The van der Waals surface area contributed by atoms with E-state index in [9.17, 15) is 18.0 Å². The highest BCUT2D eigenvalue weighted by molar-refractivity contribution is 7.89. The van der Waals surface area contributed by atoms with Crippen molar-refractivity contribution in [1.82, 2.24) is 14.2 Å². The number of hydrogen-bond donors (Lipinski definition) is 2. The number of sulfonamides is 1. The van der Waals surface area contributed by atoms with Crippen molar-refractivity contribution in [3.8, 4) is 0 Å². The van der Waals surface area contributed by atoms with E-state index in [0.29, 0.717) is 24.6 Å². The van der Waals surface area contributed by atoms with E-state index in [2.05, 4.69) is 15.6 Å². The molecule has 1 aromatic carbocycles. The highest BCUT2D eigenvalue weighted by atomic mass is 32.2. The topological polar surface area (TPSA) is 112 Å². The summed E-state index contributed by atoms with van der Waals surface area (Å²) in [5, 5.41) is 5.44. The Balaban J connectivity index is 1.50. The average Bonchev–Trinajstić information content (AvgIpc) is 3.04. The molecule has 0 atom stereocenters. The van der Waals surface area contributed by atoms with Crippen LogP contribution in [0.5, 0.6) is 0 Å². The van der Waals surface area contributed by atoms with Gasteiger partial charge in [0.25, 0.3) is 0 Å². The zero-order valence-electron chi connectivity index (χ0n) is 19.1. The molecule has 10 heteroatoms. The maximum Gasteiger partial charge on any atom is 0.243 e. The van der Waals surface area contributed by atoms with E-state index in [4.69, 9.17) is 0 Å². The molecule has 178 valence electrons. The Kier molecular flexibility index (Phi) is 8.54. The molecule has 1 aliphatic heterocycles. The van der Waals surface area contributed by atoms with Crippen molar-refractivity contribution in [3.05, 3.63) is 48.2 Å². The van der Waals surface area contributed by atoms with E-state index >= 15 is 0 Å². The van der Waals surface area contributed by atoms with Gasteiger partial charge in [-0.3, -0.25) is 14.5 Å². The maximum absolute atomic E-state index is 12.9. The molecule has 0 saturated carbocycles. The van der Waals surface area contributed by atoms with Gasteiger partial charge in [0.1, 0.15) is 5.82 Å². The third-order valence-corrected chi connectivity index (χ3v) is 7.24. The minimum absolute atomic E-state index is 0.00247. The van der Waals surface area contributed by atoms with Gasteiger partial charge in [0.2, 0.25) is 21.8 Å². The largest absolute Gasteiger partial charge is 0.325 e. The van der Waals surface area contributed by atoms with Crippen LogP contribution in [0.1, 0.15) is 31.4 Å². The number of carbonyl (C=O) groups excluding carboxylic acids is 2. The van der Waals surface area contributed by atoms with Crippen LogP contribution in [-0.4, -0.2) is 67.6 Å². The summed E-state index contributed by atoms with van der Waals surface area (Å²) in [6.45, 7) is 2.95. The zero-order chi connectivity index (χ0) is 23.8. The van der Waals surface area contributed by atoms with E-state index in [1.54, 1.807) is 40.5 Å². The average molecular weight is 474 g/mol. The van der Waals surface area contributed by atoms with Crippen molar-refractivity contribution in [1.29, 1.82) is 0 Å². The van der Waals surface area contributed by atoms with Crippen LogP contribution in [0, 0.1) is 6.92 Å². The first-order chi connectivity index (χ1) is 15.7. The number of rotatable bonds is 8. The highest BCUT2D eigenvalue weighted by Gasteiger charge is 2.25. The van der Waals surface area contributed by atoms with Crippen molar-refractivity contribution >= 4 is 33.3 Å². The molecule has 2 aromatic rings. The number of carbonyl (C=O) groups is 2. The fraction of sp³-hybridized carbons (Fsp3) is 0.435. The molecule has 0 unspecified atom stereocenters. The van der Waals surface area contributed by atoms with Crippen molar-refractivity contribution in [2.24, 2.45) is 0 Å². The summed E-state index contributed by atoms with van der Waals surface area (Å²) >= 11 is 0. The van der Waals surface area contributed by atoms with Gasteiger partial charge in [-0.15, -0.1) is 0 Å². The van der Waals surface area contributed by atoms with Gasteiger partial charge in [0, 0.05) is 24.5 Å². The molecule has 1 fully saturated rings. The minimum atomic E-state index is -3.53. The van der Waals surface area contributed by atoms with E-state index in [1.165, 1.54) is 12.1 Å². The van der Waals surface area contributed by atoms with Crippen LogP contribution < -0.4 is 10.6 Å². The number of nitrogens with zero attached hydrogens (tertiary/aromatic N) is 3. The molecule has 1 aromatic heterocycles. The second-order valence-electron chi connectivity index (χ2n) is 8.28. The van der Waals surface area contributed by atoms with Crippen LogP contribution in [0.4, 0.5) is 11.5 Å². The van der Waals surface area contributed by atoms with Crippen molar-refractivity contribution in [2.45, 2.75) is 37.5 Å². The summed E-state index contributed by atoms with van der Waals surface area (Å²) in [7, 11) is -1.86. The van der Waals surface area contributed by atoms with Crippen LogP contribution in [0.2, 0.25) is 0 Å². The normalized spacial score (nSPS) is 15.1. The number of anilines is 2. The molecule has 0 bridgehead atoms. The SMILES string of the molecule is Cc1cccc(NC(=O)CN(C)CC(=O)Nc2ccc(S(=O)(=O)N3CCCCCC3)cc2)n1. The summed E-state index contributed by atoms with van der Waals surface area (Å²) in [5.74, 6) is -0.110. The van der Waals surface area contributed by atoms with Crippen molar-refractivity contribution in [3.63, 3.8) is 0 Å². The Hall–Kier alpha value is -2.82. The molecular formula is C23H31N5O4S. The molecule has 0 spiro atoms. The molecular weight excluding hydrogens is 442 g/mol. The molecule has 9 nitrogen and oxygen atoms in total. The van der Waals surface area contributed by atoms with Gasteiger partial charge >= 0.3 is 0 Å². The minimum Gasteiger partial charge on any atom is -0.325 e. The number of hydrogen-bond acceptors (Lipinski definition) is 6. The second-order valence-corrected chi connectivity index (χ2v) is 10.2. The first-order valence-corrected chi connectivity index (χ1v) is 12.5. The van der Waals surface area contributed by atoms with Gasteiger partial charge in [-0.1, -0.05) is 18.9 Å². The Morgan fingerprint density at radius 3 is 2.15 bits per heavy atom. The molecule has 0 radical (unpaired) electrons. The standard InChI is InChI=1S/C23H31N5O4S/c1-18-8-7-9-21(24-18)26-23(30)17-27(2)16-22(29)25-19-10-12-20(13-11-19)33(31,32)28-14-5-3-4-6-15-28/h7-13H,3-6,14-17H2,1-2H3,(H,25,29)(H,24,26,30). The lowest BCUT2D eigenvalue weighted by Gasteiger charge is -2.20. The Bertz CT molecular complexity index is 1060. The maximum atomic E-state index is 12.9. The van der Waals surface area contributed by atoms with Gasteiger partial charge < -0.3 is 10.6 Å².